The monoisotopic (exact) mass is 320 g/mol. The summed E-state index contributed by atoms with van der Waals surface area (Å²) < 4.78 is 40.8. The van der Waals surface area contributed by atoms with E-state index in [4.69, 9.17) is 0 Å². The molecule has 0 aliphatic carbocycles. The van der Waals surface area contributed by atoms with Gasteiger partial charge in [0.1, 0.15) is 6.33 Å². The molecule has 0 aliphatic rings. The van der Waals surface area contributed by atoms with E-state index in [1.54, 1.807) is 0 Å². The first kappa shape index (κ1) is 15.9. The molecule has 0 fully saturated rings. The number of alkyl halides is 3. The van der Waals surface area contributed by atoms with E-state index < -0.39 is 31.1 Å². The third kappa shape index (κ3) is 3.21. The Balaban J connectivity index is 2.28. The summed E-state index contributed by atoms with van der Waals surface area (Å²) in [6, 6.07) is 0. The number of rotatable bonds is 4. The topological polar surface area (TPSA) is 94.6 Å². The maximum atomic E-state index is 12.0. The highest BCUT2D eigenvalue weighted by atomic mass is 19.4. The normalized spacial score (nSPS) is 11.9. The van der Waals surface area contributed by atoms with Crippen molar-refractivity contribution >= 4 is 11.6 Å². The van der Waals surface area contributed by atoms with E-state index in [9.17, 15) is 22.8 Å². The number of fused-ring (bicyclic) bond motifs is 1. The summed E-state index contributed by atoms with van der Waals surface area (Å²) in [5.41, 5.74) is -0.925. The molecule has 0 unspecified atom stereocenters. The molecule has 9 nitrogen and oxygen atoms in total. The van der Waals surface area contributed by atoms with Crippen molar-refractivity contribution in [3.05, 3.63) is 22.5 Å². The van der Waals surface area contributed by atoms with E-state index in [0.717, 1.165) is 10.7 Å². The Kier molecular flexibility index (Phi) is 4.12. The number of ether oxygens (including phenoxy) is 1. The van der Waals surface area contributed by atoms with Crippen LogP contribution in [0.1, 0.15) is 10.5 Å². The molecule has 2 aromatic rings. The summed E-state index contributed by atoms with van der Waals surface area (Å²) in [5, 5.41) is 7.13. The van der Waals surface area contributed by atoms with E-state index in [-0.39, 0.29) is 11.3 Å². The molecule has 2 aromatic heterocycles. The average molecular weight is 320 g/mol. The molecule has 2 rings (SSSR count). The highest BCUT2D eigenvalue weighted by molar-refractivity contribution is 5.97. The third-order valence-corrected chi connectivity index (χ3v) is 2.59. The van der Waals surface area contributed by atoms with Crippen molar-refractivity contribution in [2.24, 2.45) is 0 Å². The molecule has 0 radical (unpaired) electrons. The summed E-state index contributed by atoms with van der Waals surface area (Å²) in [6.45, 7) is -1.24. The second-order valence-electron chi connectivity index (χ2n) is 4.38. The van der Waals surface area contributed by atoms with Gasteiger partial charge in [0.2, 0.25) is 0 Å². The van der Waals surface area contributed by atoms with E-state index in [1.807, 2.05) is 0 Å². The summed E-state index contributed by atoms with van der Waals surface area (Å²) >= 11 is 0. The molecule has 1 amide bonds. The van der Waals surface area contributed by atoms with Crippen molar-refractivity contribution in [1.82, 2.24) is 29.3 Å². The predicted octanol–water partition coefficient (Wildman–Crippen LogP) is -0.476. The quantitative estimate of drug-likeness (QED) is 0.755. The van der Waals surface area contributed by atoms with Gasteiger partial charge in [0.15, 0.2) is 11.3 Å². The number of nitrogens with zero attached hydrogens (tertiary/aromatic N) is 6. The van der Waals surface area contributed by atoms with Gasteiger partial charge in [-0.25, -0.2) is 14.2 Å². The van der Waals surface area contributed by atoms with Crippen LogP contribution in [0.4, 0.5) is 13.2 Å². The van der Waals surface area contributed by atoms with Gasteiger partial charge in [-0.1, -0.05) is 5.21 Å². The lowest BCUT2D eigenvalue weighted by atomic mass is 10.4. The van der Waals surface area contributed by atoms with E-state index in [0.29, 0.717) is 4.68 Å². The first-order valence-corrected chi connectivity index (χ1v) is 5.94. The Morgan fingerprint density at radius 1 is 1.41 bits per heavy atom. The number of aromatic nitrogens is 5. The van der Waals surface area contributed by atoms with Gasteiger partial charge in [-0.3, -0.25) is 9.53 Å². The third-order valence-electron chi connectivity index (χ3n) is 2.59. The van der Waals surface area contributed by atoms with Crippen molar-refractivity contribution in [2.75, 3.05) is 20.7 Å². The molecule has 22 heavy (non-hydrogen) atoms. The number of hydrogen-bond donors (Lipinski definition) is 0. The summed E-state index contributed by atoms with van der Waals surface area (Å²) in [4.78, 5) is 28.9. The molecule has 0 aromatic carbocycles. The highest BCUT2D eigenvalue weighted by Crippen LogP contribution is 2.15. The van der Waals surface area contributed by atoms with Crippen molar-refractivity contribution < 1.29 is 22.7 Å². The highest BCUT2D eigenvalue weighted by Gasteiger charge is 2.29. The SMILES string of the molecule is CN(C)C(=O)c1ncn2c(=O)n(CCOC(F)(F)F)nnc12. The standard InChI is InChI=1S/C10H11F3N6O3/c1-17(2)8(20)6-7-15-16-19(3-4-22-10(11,12)13)9(21)18(7)5-14-6/h5H,3-4H2,1-2H3. The van der Waals surface area contributed by atoms with Gasteiger partial charge in [0.25, 0.3) is 5.91 Å². The van der Waals surface area contributed by atoms with Crippen LogP contribution < -0.4 is 5.69 Å². The van der Waals surface area contributed by atoms with E-state index in [1.165, 1.54) is 19.0 Å². The molecule has 12 heteroatoms. The number of halogens is 3. The number of carbonyl (C=O) groups excluding carboxylic acids is 1. The Bertz CT molecular complexity index is 750. The molecule has 0 aliphatic heterocycles. The zero-order valence-corrected chi connectivity index (χ0v) is 11.5. The van der Waals surface area contributed by atoms with Gasteiger partial charge in [-0.15, -0.1) is 18.3 Å². The number of imidazole rings is 1. The zero-order chi connectivity index (χ0) is 16.5. The van der Waals surface area contributed by atoms with Gasteiger partial charge in [-0.05, 0) is 0 Å². The van der Waals surface area contributed by atoms with Gasteiger partial charge in [-0.2, -0.15) is 4.68 Å². The fourth-order valence-electron chi connectivity index (χ4n) is 1.59. The molecule has 2 heterocycles. The largest absolute Gasteiger partial charge is 0.522 e. The lowest BCUT2D eigenvalue weighted by Gasteiger charge is -2.08. The minimum atomic E-state index is -4.79. The molecular weight excluding hydrogens is 309 g/mol. The van der Waals surface area contributed by atoms with Crippen LogP contribution in [0.15, 0.2) is 11.1 Å². The first-order valence-electron chi connectivity index (χ1n) is 5.94. The maximum absolute atomic E-state index is 12.0. The van der Waals surface area contributed by atoms with Crippen molar-refractivity contribution in [1.29, 1.82) is 0 Å². The molecule has 0 bridgehead atoms. The number of hydrogen-bond acceptors (Lipinski definition) is 6. The molecule has 120 valence electrons. The van der Waals surface area contributed by atoms with Crippen LogP contribution >= 0.6 is 0 Å². The zero-order valence-electron chi connectivity index (χ0n) is 11.5. The molecular formula is C10H11F3N6O3. The summed E-state index contributed by atoms with van der Waals surface area (Å²) in [7, 11) is 2.99. The van der Waals surface area contributed by atoms with Crippen LogP contribution in [-0.2, 0) is 11.3 Å². The van der Waals surface area contributed by atoms with Crippen LogP contribution in [0.5, 0.6) is 0 Å². The van der Waals surface area contributed by atoms with Crippen LogP contribution in [-0.4, -0.2) is 62.3 Å². The second kappa shape index (κ2) is 5.71. The minimum Gasteiger partial charge on any atom is -0.343 e. The van der Waals surface area contributed by atoms with Crippen molar-refractivity contribution in [3.63, 3.8) is 0 Å². The molecule has 0 atom stereocenters. The smallest absolute Gasteiger partial charge is 0.343 e. The van der Waals surface area contributed by atoms with E-state index >= 15 is 0 Å². The van der Waals surface area contributed by atoms with Gasteiger partial charge >= 0.3 is 12.1 Å². The number of amides is 1. The second-order valence-corrected chi connectivity index (χ2v) is 4.38. The predicted molar refractivity (Wildman–Crippen MR) is 65.1 cm³/mol. The summed E-state index contributed by atoms with van der Waals surface area (Å²) in [6.07, 6.45) is -3.73. The Morgan fingerprint density at radius 2 is 2.09 bits per heavy atom. The Morgan fingerprint density at radius 3 is 2.68 bits per heavy atom. The van der Waals surface area contributed by atoms with Gasteiger partial charge < -0.3 is 4.90 Å². The molecule has 0 saturated heterocycles. The summed E-state index contributed by atoms with van der Waals surface area (Å²) in [5.74, 6) is -0.477. The van der Waals surface area contributed by atoms with Gasteiger partial charge in [0.05, 0.1) is 13.2 Å². The molecule has 0 N–H and O–H groups in total. The van der Waals surface area contributed by atoms with Crippen molar-refractivity contribution in [2.45, 2.75) is 12.9 Å². The van der Waals surface area contributed by atoms with Crippen LogP contribution in [0.2, 0.25) is 0 Å². The van der Waals surface area contributed by atoms with Gasteiger partial charge in [0, 0.05) is 14.1 Å². The Hall–Kier alpha value is -2.50. The lowest BCUT2D eigenvalue weighted by Crippen LogP contribution is -2.32. The Labute approximate surface area is 120 Å². The fraction of sp³-hybridized carbons (Fsp3) is 0.500. The minimum absolute atomic E-state index is 0.0725. The molecule has 0 saturated carbocycles. The molecule has 0 spiro atoms. The van der Waals surface area contributed by atoms with Crippen LogP contribution in [0.3, 0.4) is 0 Å². The first-order chi connectivity index (χ1) is 10.2. The van der Waals surface area contributed by atoms with Crippen LogP contribution in [0.25, 0.3) is 5.65 Å². The lowest BCUT2D eigenvalue weighted by molar-refractivity contribution is -0.325. The number of carbonyl (C=O) groups is 1. The fourth-order valence-corrected chi connectivity index (χ4v) is 1.59. The average Bonchev–Trinajstić information content (AvgIpc) is 2.83. The van der Waals surface area contributed by atoms with Crippen molar-refractivity contribution in [3.8, 4) is 0 Å². The van der Waals surface area contributed by atoms with E-state index in [2.05, 4.69) is 20.0 Å². The van der Waals surface area contributed by atoms with Crippen LogP contribution in [0, 0.1) is 0 Å². The maximum Gasteiger partial charge on any atom is 0.522 e.